The Labute approximate surface area is 146 Å². The van der Waals surface area contributed by atoms with Gasteiger partial charge < -0.3 is 15.0 Å². The molecule has 1 aliphatic heterocycles. The minimum absolute atomic E-state index is 0.0536. The zero-order chi connectivity index (χ0) is 16.9. The van der Waals surface area contributed by atoms with E-state index in [0.717, 1.165) is 17.1 Å². The average Bonchev–Trinajstić information content (AvgIpc) is 3.06. The van der Waals surface area contributed by atoms with Crippen molar-refractivity contribution >= 4 is 17.4 Å². The molecule has 1 N–H and O–H groups in total. The van der Waals surface area contributed by atoms with Gasteiger partial charge in [-0.3, -0.25) is 0 Å². The van der Waals surface area contributed by atoms with Gasteiger partial charge in [-0.15, -0.1) is 11.3 Å². The van der Waals surface area contributed by atoms with Crippen LogP contribution in [0.15, 0.2) is 29.6 Å². The van der Waals surface area contributed by atoms with E-state index in [2.05, 4.69) is 29.4 Å². The molecule has 0 spiro atoms. The van der Waals surface area contributed by atoms with Crippen molar-refractivity contribution in [3.63, 3.8) is 0 Å². The number of nitrogens with zero attached hydrogens (tertiary/aromatic N) is 2. The Morgan fingerprint density at radius 3 is 2.92 bits per heavy atom. The second-order valence-electron chi connectivity index (χ2n) is 5.89. The lowest BCUT2D eigenvalue weighted by molar-refractivity contribution is 0.0115. The third kappa shape index (κ3) is 3.76. The van der Waals surface area contributed by atoms with Crippen LogP contribution in [0.3, 0.4) is 0 Å². The first-order chi connectivity index (χ1) is 11.7. The van der Waals surface area contributed by atoms with Gasteiger partial charge in [0.15, 0.2) is 0 Å². The summed E-state index contributed by atoms with van der Waals surface area (Å²) in [5.41, 5.74) is 3.42. The van der Waals surface area contributed by atoms with Gasteiger partial charge in [-0.1, -0.05) is 31.2 Å². The molecule has 0 bridgehead atoms. The summed E-state index contributed by atoms with van der Waals surface area (Å²) in [5, 5.41) is 6.01. The van der Waals surface area contributed by atoms with Crippen LogP contribution >= 0.6 is 11.3 Å². The lowest BCUT2D eigenvalue weighted by Gasteiger charge is -2.34. The first-order valence-corrected chi connectivity index (χ1v) is 9.18. The molecule has 2 amide bonds. The van der Waals surface area contributed by atoms with E-state index in [1.165, 1.54) is 11.1 Å². The van der Waals surface area contributed by atoms with Crippen molar-refractivity contribution in [2.24, 2.45) is 0 Å². The highest BCUT2D eigenvalue weighted by molar-refractivity contribution is 7.09. The number of hydrogen-bond donors (Lipinski definition) is 1. The summed E-state index contributed by atoms with van der Waals surface area (Å²) in [7, 11) is 0. The van der Waals surface area contributed by atoms with Crippen LogP contribution in [0.2, 0.25) is 0 Å². The molecule has 24 heavy (non-hydrogen) atoms. The smallest absolute Gasteiger partial charge is 0.318 e. The number of hydrogen-bond acceptors (Lipinski definition) is 4. The monoisotopic (exact) mass is 345 g/mol. The first-order valence-electron chi connectivity index (χ1n) is 8.30. The second kappa shape index (κ2) is 7.77. The fraction of sp³-hybridized carbons (Fsp3) is 0.444. The molecule has 2 heterocycles. The highest BCUT2D eigenvalue weighted by Gasteiger charge is 2.30. The number of aromatic nitrogens is 1. The van der Waals surface area contributed by atoms with Gasteiger partial charge in [0.2, 0.25) is 0 Å². The van der Waals surface area contributed by atoms with Crippen LogP contribution in [-0.4, -0.2) is 35.7 Å². The number of urea groups is 1. The van der Waals surface area contributed by atoms with E-state index in [4.69, 9.17) is 4.74 Å². The fourth-order valence-corrected chi connectivity index (χ4v) is 3.82. The third-order valence-corrected chi connectivity index (χ3v) is 5.30. The van der Waals surface area contributed by atoms with E-state index >= 15 is 0 Å². The molecular formula is C18H23N3O2S. The largest absolute Gasteiger partial charge is 0.377 e. The van der Waals surface area contributed by atoms with Crippen molar-refractivity contribution in [3.05, 3.63) is 51.5 Å². The number of nitrogens with one attached hydrogen (secondary N) is 1. The SMILES string of the molecule is CCc1ccccc1CNC(=O)N1CCOCC1c1nc(C)cs1. The zero-order valence-corrected chi connectivity index (χ0v) is 14.9. The molecule has 1 aliphatic rings. The zero-order valence-electron chi connectivity index (χ0n) is 14.1. The molecule has 5 nitrogen and oxygen atoms in total. The number of carbonyl (C=O) groups excluding carboxylic acids is 1. The van der Waals surface area contributed by atoms with E-state index in [1.807, 2.05) is 29.3 Å². The Bertz CT molecular complexity index is 701. The summed E-state index contributed by atoms with van der Waals surface area (Å²) in [6.07, 6.45) is 0.963. The van der Waals surface area contributed by atoms with Gasteiger partial charge in [0.25, 0.3) is 0 Å². The van der Waals surface area contributed by atoms with Gasteiger partial charge in [0.1, 0.15) is 11.0 Å². The first kappa shape index (κ1) is 16.9. The van der Waals surface area contributed by atoms with E-state index in [9.17, 15) is 4.79 Å². The van der Waals surface area contributed by atoms with Gasteiger partial charge in [-0.2, -0.15) is 0 Å². The number of benzene rings is 1. The van der Waals surface area contributed by atoms with Crippen molar-refractivity contribution in [1.82, 2.24) is 15.2 Å². The molecule has 1 saturated heterocycles. The molecule has 1 unspecified atom stereocenters. The summed E-state index contributed by atoms with van der Waals surface area (Å²) in [4.78, 5) is 19.1. The van der Waals surface area contributed by atoms with Crippen molar-refractivity contribution in [3.8, 4) is 0 Å². The minimum Gasteiger partial charge on any atom is -0.377 e. The van der Waals surface area contributed by atoms with Gasteiger partial charge >= 0.3 is 6.03 Å². The maximum Gasteiger partial charge on any atom is 0.318 e. The lowest BCUT2D eigenvalue weighted by Crippen LogP contribution is -2.48. The maximum atomic E-state index is 12.7. The van der Waals surface area contributed by atoms with E-state index < -0.39 is 0 Å². The summed E-state index contributed by atoms with van der Waals surface area (Å²) in [5.74, 6) is 0. The Morgan fingerprint density at radius 2 is 2.21 bits per heavy atom. The van der Waals surface area contributed by atoms with E-state index in [-0.39, 0.29) is 12.1 Å². The quantitative estimate of drug-likeness (QED) is 0.925. The molecule has 1 fully saturated rings. The number of rotatable bonds is 4. The minimum atomic E-state index is -0.0983. The van der Waals surface area contributed by atoms with E-state index in [1.54, 1.807) is 11.3 Å². The number of ether oxygens (including phenoxy) is 1. The molecule has 3 rings (SSSR count). The number of morpholine rings is 1. The highest BCUT2D eigenvalue weighted by Crippen LogP contribution is 2.27. The van der Waals surface area contributed by atoms with Crippen LogP contribution < -0.4 is 5.32 Å². The normalized spacial score (nSPS) is 17.8. The highest BCUT2D eigenvalue weighted by atomic mass is 32.1. The molecular weight excluding hydrogens is 322 g/mol. The van der Waals surface area contributed by atoms with Crippen LogP contribution in [0.5, 0.6) is 0 Å². The molecule has 1 aromatic heterocycles. The Hall–Kier alpha value is -1.92. The summed E-state index contributed by atoms with van der Waals surface area (Å²) < 4.78 is 5.57. The van der Waals surface area contributed by atoms with Gasteiger partial charge in [0.05, 0.1) is 13.2 Å². The molecule has 128 valence electrons. The van der Waals surface area contributed by atoms with Crippen molar-refractivity contribution in [2.45, 2.75) is 32.9 Å². The van der Waals surface area contributed by atoms with Crippen molar-refractivity contribution in [1.29, 1.82) is 0 Å². The maximum absolute atomic E-state index is 12.7. The lowest BCUT2D eigenvalue weighted by atomic mass is 10.1. The predicted octanol–water partition coefficient (Wildman–Crippen LogP) is 3.30. The Balaban J connectivity index is 1.68. The third-order valence-electron chi connectivity index (χ3n) is 4.24. The molecule has 6 heteroatoms. The Kier molecular flexibility index (Phi) is 5.48. The van der Waals surface area contributed by atoms with Crippen LogP contribution in [0, 0.1) is 6.92 Å². The standard InChI is InChI=1S/C18H23N3O2S/c1-3-14-6-4-5-7-15(14)10-19-18(22)21-8-9-23-11-16(21)17-20-13(2)12-24-17/h4-7,12,16H,3,8-11H2,1-2H3,(H,19,22). The molecule has 0 aliphatic carbocycles. The molecule has 0 saturated carbocycles. The predicted molar refractivity (Wildman–Crippen MR) is 95.2 cm³/mol. The van der Waals surface area contributed by atoms with Crippen molar-refractivity contribution < 1.29 is 9.53 Å². The number of carbonyl (C=O) groups is 1. The molecule has 0 radical (unpaired) electrons. The number of aryl methyl sites for hydroxylation is 2. The van der Waals surface area contributed by atoms with E-state index in [0.29, 0.717) is 26.3 Å². The number of amides is 2. The second-order valence-corrected chi connectivity index (χ2v) is 6.78. The van der Waals surface area contributed by atoms with Gasteiger partial charge in [-0.25, -0.2) is 9.78 Å². The van der Waals surface area contributed by atoms with Crippen LogP contribution in [-0.2, 0) is 17.7 Å². The van der Waals surface area contributed by atoms with Crippen LogP contribution in [0.4, 0.5) is 4.79 Å². The Morgan fingerprint density at radius 1 is 1.42 bits per heavy atom. The summed E-state index contributed by atoms with van der Waals surface area (Å²) >= 11 is 1.58. The average molecular weight is 345 g/mol. The summed E-state index contributed by atoms with van der Waals surface area (Å²) in [6, 6.07) is 8.07. The van der Waals surface area contributed by atoms with Gasteiger partial charge in [-0.05, 0) is 24.5 Å². The topological polar surface area (TPSA) is 54.5 Å². The summed E-state index contributed by atoms with van der Waals surface area (Å²) in [6.45, 7) is 6.30. The molecule has 1 aromatic carbocycles. The van der Waals surface area contributed by atoms with Gasteiger partial charge in [0, 0.05) is 24.2 Å². The van der Waals surface area contributed by atoms with Crippen molar-refractivity contribution in [2.75, 3.05) is 19.8 Å². The number of thiazole rings is 1. The molecule has 1 atom stereocenters. The van der Waals surface area contributed by atoms with Crippen LogP contribution in [0.25, 0.3) is 0 Å². The fourth-order valence-electron chi connectivity index (χ4n) is 2.92. The van der Waals surface area contributed by atoms with Crippen LogP contribution in [0.1, 0.15) is 34.8 Å². The molecule has 2 aromatic rings.